The van der Waals surface area contributed by atoms with Crippen molar-refractivity contribution in [2.45, 2.75) is 6.92 Å². The molecule has 114 valence electrons. The van der Waals surface area contributed by atoms with Crippen LogP contribution in [0, 0.1) is 6.92 Å². The van der Waals surface area contributed by atoms with Crippen LogP contribution in [0.5, 0.6) is 0 Å². The van der Waals surface area contributed by atoms with Crippen LogP contribution in [0.4, 0.5) is 0 Å². The Balaban J connectivity index is 2.14. The van der Waals surface area contributed by atoms with Crippen molar-refractivity contribution in [3.8, 4) is 0 Å². The molecule has 0 bridgehead atoms. The first-order valence-electron chi connectivity index (χ1n) is 6.44. The Morgan fingerprint density at radius 3 is 2.45 bits per heavy atom. The Hall–Kier alpha value is -1.92. The quantitative estimate of drug-likeness (QED) is 0.883. The fourth-order valence-electron chi connectivity index (χ4n) is 1.75. The predicted molar refractivity (Wildman–Crippen MR) is 90.7 cm³/mol. The number of benzene rings is 2. The van der Waals surface area contributed by atoms with E-state index in [2.05, 4.69) is 15.9 Å². The molecule has 0 saturated carbocycles. The van der Waals surface area contributed by atoms with Gasteiger partial charge in [0.2, 0.25) is 0 Å². The summed E-state index contributed by atoms with van der Waals surface area (Å²) in [5.41, 5.74) is 1.97. The van der Waals surface area contributed by atoms with Crippen molar-refractivity contribution in [2.75, 3.05) is 0 Å². The van der Waals surface area contributed by atoms with Crippen LogP contribution in [0.25, 0.3) is 6.08 Å². The zero-order valence-corrected chi connectivity index (χ0v) is 14.2. The largest absolute Gasteiger partial charge is 0.268 e. The Morgan fingerprint density at radius 2 is 1.82 bits per heavy atom. The van der Waals surface area contributed by atoms with E-state index in [9.17, 15) is 13.2 Å². The molecule has 0 radical (unpaired) electrons. The van der Waals surface area contributed by atoms with Crippen molar-refractivity contribution < 1.29 is 13.2 Å². The molecule has 0 heterocycles. The summed E-state index contributed by atoms with van der Waals surface area (Å²) in [6.07, 6.45) is 1.43. The predicted octanol–water partition coefficient (Wildman–Crippen LogP) is 3.49. The van der Waals surface area contributed by atoms with Crippen molar-refractivity contribution in [3.05, 3.63) is 75.1 Å². The second-order valence-corrected chi connectivity index (χ2v) is 7.09. The molecule has 0 fully saturated rings. The molecule has 6 heteroatoms. The third kappa shape index (κ3) is 4.54. The van der Waals surface area contributed by atoms with Crippen LogP contribution < -0.4 is 4.72 Å². The molecule has 1 N–H and O–H groups in total. The fourth-order valence-corrected chi connectivity index (χ4v) is 3.20. The number of rotatable bonds is 4. The Bertz CT molecular complexity index is 815. The molecule has 0 saturated heterocycles. The molecule has 2 aromatic rings. The lowest BCUT2D eigenvalue weighted by Crippen LogP contribution is -2.29. The molecule has 0 unspecified atom stereocenters. The highest BCUT2D eigenvalue weighted by atomic mass is 79.9. The topological polar surface area (TPSA) is 63.2 Å². The van der Waals surface area contributed by atoms with Gasteiger partial charge in [0.1, 0.15) is 0 Å². The Kier molecular flexibility index (Phi) is 5.15. The fraction of sp³-hybridized carbons (Fsp3) is 0.0625. The van der Waals surface area contributed by atoms with Gasteiger partial charge in [-0.1, -0.05) is 36.4 Å². The van der Waals surface area contributed by atoms with Crippen LogP contribution in [0.1, 0.15) is 21.5 Å². The number of halogens is 1. The summed E-state index contributed by atoms with van der Waals surface area (Å²) in [5.74, 6) is -0.676. The monoisotopic (exact) mass is 379 g/mol. The van der Waals surface area contributed by atoms with Crippen LogP contribution in [-0.4, -0.2) is 14.3 Å². The first-order valence-corrected chi connectivity index (χ1v) is 8.78. The molecule has 0 aliphatic carbocycles. The summed E-state index contributed by atoms with van der Waals surface area (Å²) in [4.78, 5) is 12.0. The van der Waals surface area contributed by atoms with Crippen molar-refractivity contribution in [1.82, 2.24) is 4.72 Å². The van der Waals surface area contributed by atoms with Crippen molar-refractivity contribution >= 4 is 37.9 Å². The molecule has 2 rings (SSSR count). The number of aryl methyl sites for hydroxylation is 1. The van der Waals surface area contributed by atoms with Gasteiger partial charge in [-0.3, -0.25) is 4.79 Å². The molecule has 2 aromatic carbocycles. The minimum Gasteiger partial charge on any atom is -0.268 e. The van der Waals surface area contributed by atoms with Gasteiger partial charge in [0.25, 0.3) is 15.9 Å². The number of carbonyl (C=O) groups excluding carboxylic acids is 1. The van der Waals surface area contributed by atoms with E-state index >= 15 is 0 Å². The average Bonchev–Trinajstić information content (AvgIpc) is 2.45. The summed E-state index contributed by atoms with van der Waals surface area (Å²) >= 11 is 3.26. The normalized spacial score (nSPS) is 11.5. The van der Waals surface area contributed by atoms with Gasteiger partial charge in [-0.05, 0) is 52.2 Å². The van der Waals surface area contributed by atoms with Crippen molar-refractivity contribution in [1.29, 1.82) is 0 Å². The average molecular weight is 380 g/mol. The molecule has 1 amide bonds. The maximum absolute atomic E-state index is 12.0. The SMILES string of the molecule is Cc1ccc(C(=O)NS(=O)(=O)/C=C/c2ccccc2)c(Br)c1. The third-order valence-corrected chi connectivity index (χ3v) is 4.46. The molecule has 0 aliphatic rings. The van der Waals surface area contributed by atoms with Gasteiger partial charge in [-0.15, -0.1) is 0 Å². The number of hydrogen-bond acceptors (Lipinski definition) is 3. The number of sulfonamides is 1. The van der Waals surface area contributed by atoms with E-state index in [-0.39, 0.29) is 5.56 Å². The molecular formula is C16H14BrNO3S. The Morgan fingerprint density at radius 1 is 1.14 bits per heavy atom. The van der Waals surface area contributed by atoms with E-state index in [1.54, 1.807) is 42.5 Å². The summed E-state index contributed by atoms with van der Waals surface area (Å²) in [6.45, 7) is 1.88. The first kappa shape index (κ1) is 16.5. The number of carbonyl (C=O) groups is 1. The second-order valence-electron chi connectivity index (χ2n) is 4.67. The van der Waals surface area contributed by atoms with Crippen LogP contribution in [0.3, 0.4) is 0 Å². The summed E-state index contributed by atoms with van der Waals surface area (Å²) in [6, 6.07) is 14.0. The standard InChI is InChI=1S/C16H14BrNO3S/c1-12-7-8-14(15(17)11-12)16(19)18-22(20,21)10-9-13-5-3-2-4-6-13/h2-11H,1H3,(H,18,19)/b10-9+. The molecular weight excluding hydrogens is 366 g/mol. The van der Waals surface area contributed by atoms with Gasteiger partial charge in [-0.2, -0.15) is 0 Å². The summed E-state index contributed by atoms with van der Waals surface area (Å²) in [5, 5.41) is 0.975. The van der Waals surface area contributed by atoms with Gasteiger partial charge in [-0.25, -0.2) is 13.1 Å². The molecule has 0 atom stereocenters. The van der Waals surface area contributed by atoms with E-state index in [0.717, 1.165) is 16.5 Å². The van der Waals surface area contributed by atoms with Crippen LogP contribution in [0.15, 0.2) is 58.4 Å². The number of amides is 1. The zero-order valence-electron chi connectivity index (χ0n) is 11.8. The van der Waals surface area contributed by atoms with E-state index in [1.807, 2.05) is 17.7 Å². The molecule has 22 heavy (non-hydrogen) atoms. The maximum atomic E-state index is 12.0. The number of hydrogen-bond donors (Lipinski definition) is 1. The zero-order chi connectivity index (χ0) is 16.2. The number of nitrogens with one attached hydrogen (secondary N) is 1. The highest BCUT2D eigenvalue weighted by Gasteiger charge is 2.15. The lowest BCUT2D eigenvalue weighted by Gasteiger charge is -2.06. The second kappa shape index (κ2) is 6.89. The lowest BCUT2D eigenvalue weighted by molar-refractivity contribution is 0.0981. The smallest absolute Gasteiger partial charge is 0.266 e. The third-order valence-electron chi connectivity index (χ3n) is 2.84. The van der Waals surface area contributed by atoms with Gasteiger partial charge in [0, 0.05) is 4.47 Å². The van der Waals surface area contributed by atoms with E-state index in [0.29, 0.717) is 4.47 Å². The van der Waals surface area contributed by atoms with Gasteiger partial charge in [0.05, 0.1) is 11.0 Å². The van der Waals surface area contributed by atoms with Crippen LogP contribution >= 0.6 is 15.9 Å². The minimum atomic E-state index is -3.85. The first-order chi connectivity index (χ1) is 10.4. The van der Waals surface area contributed by atoms with Gasteiger partial charge in [0.15, 0.2) is 0 Å². The van der Waals surface area contributed by atoms with E-state index < -0.39 is 15.9 Å². The Labute approximate surface area is 138 Å². The molecule has 0 spiro atoms. The molecule has 0 aliphatic heterocycles. The van der Waals surface area contributed by atoms with E-state index in [1.165, 1.54) is 6.08 Å². The van der Waals surface area contributed by atoms with Crippen LogP contribution in [0.2, 0.25) is 0 Å². The summed E-state index contributed by atoms with van der Waals surface area (Å²) in [7, 11) is -3.85. The minimum absolute atomic E-state index is 0.266. The maximum Gasteiger partial charge on any atom is 0.266 e. The summed E-state index contributed by atoms with van der Waals surface area (Å²) < 4.78 is 26.4. The lowest BCUT2D eigenvalue weighted by atomic mass is 10.1. The highest BCUT2D eigenvalue weighted by Crippen LogP contribution is 2.18. The van der Waals surface area contributed by atoms with Crippen molar-refractivity contribution in [3.63, 3.8) is 0 Å². The van der Waals surface area contributed by atoms with E-state index in [4.69, 9.17) is 0 Å². The van der Waals surface area contributed by atoms with Crippen LogP contribution in [-0.2, 0) is 10.0 Å². The molecule has 4 nitrogen and oxygen atoms in total. The highest BCUT2D eigenvalue weighted by molar-refractivity contribution is 9.10. The van der Waals surface area contributed by atoms with Gasteiger partial charge < -0.3 is 0 Å². The van der Waals surface area contributed by atoms with Crippen molar-refractivity contribution in [2.24, 2.45) is 0 Å². The molecule has 0 aromatic heterocycles. The van der Waals surface area contributed by atoms with Gasteiger partial charge >= 0.3 is 0 Å².